The molecule has 3 rings (SSSR count). The Morgan fingerprint density at radius 3 is 2.72 bits per heavy atom. The summed E-state index contributed by atoms with van der Waals surface area (Å²) in [7, 11) is 3.37. The van der Waals surface area contributed by atoms with Crippen molar-refractivity contribution in [1.29, 1.82) is 0 Å². The molecule has 8 heteroatoms. The lowest BCUT2D eigenvalue weighted by atomic mass is 10.2. The van der Waals surface area contributed by atoms with Crippen LogP contribution in [0.15, 0.2) is 47.5 Å². The van der Waals surface area contributed by atoms with Gasteiger partial charge in [-0.05, 0) is 42.6 Å². The van der Waals surface area contributed by atoms with Crippen molar-refractivity contribution in [2.75, 3.05) is 7.11 Å². The van der Waals surface area contributed by atoms with Gasteiger partial charge in [-0.1, -0.05) is 23.9 Å². The first kappa shape index (κ1) is 17.2. The number of nitrogens with one attached hydrogen (secondary N) is 1. The van der Waals surface area contributed by atoms with Crippen molar-refractivity contribution in [2.45, 2.75) is 0 Å². The number of hydrogen-bond acceptors (Lipinski definition) is 5. The average Bonchev–Trinajstić information content (AvgIpc) is 3.13. The number of amides is 2. The number of hydrogen-bond donors (Lipinski definition) is 1. The first-order valence-corrected chi connectivity index (χ1v) is 8.57. The normalized spacial score (nSPS) is 15.8. The highest BCUT2D eigenvalue weighted by molar-refractivity contribution is 8.26. The first-order chi connectivity index (χ1) is 12.0. The van der Waals surface area contributed by atoms with Gasteiger partial charge in [-0.15, -0.1) is 0 Å². The Morgan fingerprint density at radius 2 is 2.04 bits per heavy atom. The van der Waals surface area contributed by atoms with E-state index in [2.05, 4.69) is 5.43 Å². The molecule has 128 valence electrons. The lowest BCUT2D eigenvalue weighted by Crippen LogP contribution is -2.44. The number of para-hydroxylation sites is 1. The maximum Gasteiger partial charge on any atom is 0.285 e. The van der Waals surface area contributed by atoms with Crippen LogP contribution in [0.2, 0.25) is 0 Å². The SMILES string of the molecule is COc1ccccc1C(=O)NN1C(=O)/C(=C/c2cccn2C)SC1=S. The van der Waals surface area contributed by atoms with Crippen molar-refractivity contribution < 1.29 is 14.3 Å². The Hall–Kier alpha value is -2.58. The minimum Gasteiger partial charge on any atom is -0.496 e. The van der Waals surface area contributed by atoms with Crippen molar-refractivity contribution in [2.24, 2.45) is 7.05 Å². The van der Waals surface area contributed by atoms with Crippen molar-refractivity contribution in [3.05, 3.63) is 58.8 Å². The second-order valence-electron chi connectivity index (χ2n) is 5.20. The number of hydrazine groups is 1. The summed E-state index contributed by atoms with van der Waals surface area (Å²) < 4.78 is 7.33. The van der Waals surface area contributed by atoms with Gasteiger partial charge in [0, 0.05) is 18.9 Å². The highest BCUT2D eigenvalue weighted by Gasteiger charge is 2.34. The highest BCUT2D eigenvalue weighted by atomic mass is 32.2. The van der Waals surface area contributed by atoms with Gasteiger partial charge in [0.2, 0.25) is 0 Å². The Labute approximate surface area is 154 Å². The summed E-state index contributed by atoms with van der Waals surface area (Å²) in [4.78, 5) is 25.5. The summed E-state index contributed by atoms with van der Waals surface area (Å²) in [6.45, 7) is 0. The third kappa shape index (κ3) is 3.45. The molecular weight excluding hydrogens is 358 g/mol. The summed E-state index contributed by atoms with van der Waals surface area (Å²) in [6.07, 6.45) is 3.63. The third-order valence-corrected chi connectivity index (χ3v) is 4.92. The summed E-state index contributed by atoms with van der Waals surface area (Å²) >= 11 is 6.37. The zero-order chi connectivity index (χ0) is 18.0. The van der Waals surface area contributed by atoms with Crippen molar-refractivity contribution in [1.82, 2.24) is 15.0 Å². The zero-order valence-corrected chi connectivity index (χ0v) is 15.2. The summed E-state index contributed by atoms with van der Waals surface area (Å²) in [5.41, 5.74) is 3.75. The Bertz CT molecular complexity index is 889. The number of carbonyl (C=O) groups is 2. The molecule has 0 unspecified atom stereocenters. The van der Waals surface area contributed by atoms with Crippen LogP contribution >= 0.6 is 24.0 Å². The van der Waals surface area contributed by atoms with Crippen LogP contribution in [-0.4, -0.2) is 32.8 Å². The largest absolute Gasteiger partial charge is 0.496 e. The minimum absolute atomic E-state index is 0.272. The van der Waals surface area contributed by atoms with E-state index in [0.717, 1.165) is 22.5 Å². The van der Waals surface area contributed by atoms with E-state index in [0.29, 0.717) is 16.2 Å². The second-order valence-corrected chi connectivity index (χ2v) is 6.88. The fourth-order valence-corrected chi connectivity index (χ4v) is 3.48. The number of aryl methyl sites for hydroxylation is 1. The number of aromatic nitrogens is 1. The van der Waals surface area contributed by atoms with Crippen LogP contribution in [0.1, 0.15) is 16.1 Å². The molecule has 1 aromatic heterocycles. The Kier molecular flexibility index (Phi) is 4.91. The number of methoxy groups -OCH3 is 1. The molecule has 0 bridgehead atoms. The van der Waals surface area contributed by atoms with Gasteiger partial charge < -0.3 is 9.30 Å². The van der Waals surface area contributed by atoms with E-state index >= 15 is 0 Å². The smallest absolute Gasteiger partial charge is 0.285 e. The molecule has 0 spiro atoms. The van der Waals surface area contributed by atoms with E-state index in [1.807, 2.05) is 29.9 Å². The van der Waals surface area contributed by atoms with E-state index in [-0.39, 0.29) is 10.2 Å². The van der Waals surface area contributed by atoms with E-state index in [9.17, 15) is 9.59 Å². The lowest BCUT2D eigenvalue weighted by Gasteiger charge is -2.16. The van der Waals surface area contributed by atoms with E-state index in [4.69, 9.17) is 17.0 Å². The molecule has 1 aromatic carbocycles. The Morgan fingerprint density at radius 1 is 1.28 bits per heavy atom. The van der Waals surface area contributed by atoms with Gasteiger partial charge >= 0.3 is 0 Å². The predicted molar refractivity (Wildman–Crippen MR) is 101 cm³/mol. The molecule has 1 aliphatic heterocycles. The van der Waals surface area contributed by atoms with Crippen molar-refractivity contribution in [3.8, 4) is 5.75 Å². The maximum absolute atomic E-state index is 12.6. The summed E-state index contributed by atoms with van der Waals surface area (Å²) in [5, 5.41) is 1.09. The van der Waals surface area contributed by atoms with Gasteiger partial charge in [0.15, 0.2) is 4.32 Å². The zero-order valence-electron chi connectivity index (χ0n) is 13.6. The molecule has 25 heavy (non-hydrogen) atoms. The average molecular weight is 373 g/mol. The van der Waals surface area contributed by atoms with Gasteiger partial charge in [0.25, 0.3) is 11.8 Å². The monoisotopic (exact) mass is 373 g/mol. The fraction of sp³-hybridized carbons (Fsp3) is 0.118. The predicted octanol–water partition coefficient (Wildman–Crippen LogP) is 2.58. The molecule has 6 nitrogen and oxygen atoms in total. The minimum atomic E-state index is -0.464. The molecule has 2 aromatic rings. The number of benzene rings is 1. The molecule has 0 aliphatic carbocycles. The quantitative estimate of drug-likeness (QED) is 0.659. The number of thiocarbonyl (C=S) groups is 1. The molecule has 1 N–H and O–H groups in total. The van der Waals surface area contributed by atoms with Crippen LogP contribution in [0.3, 0.4) is 0 Å². The van der Waals surface area contributed by atoms with Crippen LogP contribution < -0.4 is 10.2 Å². The van der Waals surface area contributed by atoms with Crippen LogP contribution in [-0.2, 0) is 11.8 Å². The summed E-state index contributed by atoms with van der Waals surface area (Å²) in [5.74, 6) is -0.405. The number of thioether (sulfide) groups is 1. The van der Waals surface area contributed by atoms with Gasteiger partial charge in [0.1, 0.15) is 5.75 Å². The van der Waals surface area contributed by atoms with Crippen molar-refractivity contribution in [3.63, 3.8) is 0 Å². The number of carbonyl (C=O) groups excluding carboxylic acids is 2. The van der Waals surface area contributed by atoms with E-state index < -0.39 is 5.91 Å². The van der Waals surface area contributed by atoms with Crippen LogP contribution in [0.4, 0.5) is 0 Å². The standard InChI is InChI=1S/C17H15N3O3S2/c1-19-9-5-6-11(19)10-14-16(22)20(17(24)25-14)18-15(21)12-7-3-4-8-13(12)23-2/h3-10H,1-2H3,(H,18,21)/b14-10-. The molecule has 1 saturated heterocycles. The van der Waals surface area contributed by atoms with Gasteiger partial charge in [-0.3, -0.25) is 15.0 Å². The first-order valence-electron chi connectivity index (χ1n) is 7.34. The lowest BCUT2D eigenvalue weighted by molar-refractivity contribution is -0.123. The molecule has 0 atom stereocenters. The molecular formula is C17H15N3O3S2. The molecule has 0 radical (unpaired) electrons. The van der Waals surface area contributed by atoms with Gasteiger partial charge in [-0.25, -0.2) is 0 Å². The maximum atomic E-state index is 12.6. The fourth-order valence-electron chi connectivity index (χ4n) is 2.32. The molecule has 2 amide bonds. The molecule has 1 aliphatic rings. The third-order valence-electron chi connectivity index (χ3n) is 3.62. The van der Waals surface area contributed by atoms with E-state index in [1.165, 1.54) is 7.11 Å². The highest BCUT2D eigenvalue weighted by Crippen LogP contribution is 2.31. The van der Waals surface area contributed by atoms with Crippen LogP contribution in [0, 0.1) is 0 Å². The van der Waals surface area contributed by atoms with Gasteiger partial charge in [0.05, 0.1) is 17.6 Å². The van der Waals surface area contributed by atoms with Gasteiger partial charge in [-0.2, -0.15) is 5.01 Å². The second kappa shape index (κ2) is 7.12. The molecule has 0 saturated carbocycles. The van der Waals surface area contributed by atoms with Crippen molar-refractivity contribution >= 4 is 46.2 Å². The molecule has 2 heterocycles. The number of ether oxygens (including phenoxy) is 1. The van der Waals surface area contributed by atoms with Crippen LogP contribution in [0.25, 0.3) is 6.08 Å². The number of nitrogens with zero attached hydrogens (tertiary/aromatic N) is 2. The van der Waals surface area contributed by atoms with E-state index in [1.54, 1.807) is 30.3 Å². The van der Waals surface area contributed by atoms with Crippen LogP contribution in [0.5, 0.6) is 5.75 Å². The topological polar surface area (TPSA) is 63.6 Å². The molecule has 1 fully saturated rings. The Balaban J connectivity index is 1.80. The number of rotatable bonds is 4. The summed E-state index contributed by atoms with van der Waals surface area (Å²) in [6, 6.07) is 10.5.